The highest BCUT2D eigenvalue weighted by atomic mass is 32.2. The van der Waals surface area contributed by atoms with Crippen LogP contribution in [0.4, 0.5) is 23.0 Å². The van der Waals surface area contributed by atoms with Crippen LogP contribution in [-0.2, 0) is 0 Å². The quantitative estimate of drug-likeness (QED) is 0.508. The van der Waals surface area contributed by atoms with Crippen molar-refractivity contribution >= 4 is 45.5 Å². The van der Waals surface area contributed by atoms with Crippen LogP contribution in [0.5, 0.6) is 0 Å². The molecule has 0 radical (unpaired) electrons. The molecule has 0 spiro atoms. The summed E-state index contributed by atoms with van der Waals surface area (Å²) >= 11 is 2.00. The number of hydrogen-bond acceptors (Lipinski definition) is 7. The number of hydrogen-bond donors (Lipinski definition) is 4. The summed E-state index contributed by atoms with van der Waals surface area (Å²) in [5.74, 6) is 3.55. The van der Waals surface area contributed by atoms with E-state index in [9.17, 15) is 4.79 Å². The monoisotopic (exact) mass is 396 g/mol. The molecule has 0 saturated carbocycles. The van der Waals surface area contributed by atoms with Crippen LogP contribution in [0.25, 0.3) is 10.8 Å². The van der Waals surface area contributed by atoms with Crippen LogP contribution in [0.1, 0.15) is 0 Å². The first-order valence-electron chi connectivity index (χ1n) is 9.41. The number of rotatable bonds is 6. The number of nitrogens with one attached hydrogen (secondary N) is 3. The van der Waals surface area contributed by atoms with Gasteiger partial charge < -0.3 is 26.3 Å². The Kier molecular flexibility index (Phi) is 5.68. The molecule has 7 nitrogen and oxygen atoms in total. The van der Waals surface area contributed by atoms with Gasteiger partial charge in [-0.15, -0.1) is 0 Å². The molecule has 146 valence electrons. The maximum atomic E-state index is 12.4. The fraction of sp³-hybridized carbons (Fsp3) is 0.300. The van der Waals surface area contributed by atoms with Crippen LogP contribution < -0.4 is 26.8 Å². The molecular formula is C20H24N6OS. The van der Waals surface area contributed by atoms with Crippen molar-refractivity contribution in [2.75, 3.05) is 53.2 Å². The number of aromatic nitrogens is 2. The highest BCUT2D eigenvalue weighted by Gasteiger charge is 2.12. The molecule has 1 fully saturated rings. The molecule has 1 aliphatic heterocycles. The molecule has 5 N–H and O–H groups in total. The number of nitrogens with two attached hydrogens (primary N) is 1. The van der Waals surface area contributed by atoms with Gasteiger partial charge in [-0.3, -0.25) is 4.79 Å². The van der Waals surface area contributed by atoms with E-state index < -0.39 is 0 Å². The minimum Gasteiger partial charge on any atom is -0.370 e. The topological polar surface area (TPSA) is 99.1 Å². The normalized spacial score (nSPS) is 14.2. The van der Waals surface area contributed by atoms with Crippen molar-refractivity contribution in [2.24, 2.45) is 5.73 Å². The molecule has 3 aromatic rings. The van der Waals surface area contributed by atoms with Crippen molar-refractivity contribution in [3.63, 3.8) is 0 Å². The van der Waals surface area contributed by atoms with Crippen molar-refractivity contribution in [1.82, 2.24) is 9.97 Å². The van der Waals surface area contributed by atoms with E-state index in [2.05, 4.69) is 37.6 Å². The summed E-state index contributed by atoms with van der Waals surface area (Å²) in [4.78, 5) is 22.1. The highest BCUT2D eigenvalue weighted by Crippen LogP contribution is 2.27. The predicted molar refractivity (Wildman–Crippen MR) is 119 cm³/mol. The van der Waals surface area contributed by atoms with Gasteiger partial charge >= 0.3 is 0 Å². The predicted octanol–water partition coefficient (Wildman–Crippen LogP) is 2.59. The fourth-order valence-electron chi connectivity index (χ4n) is 3.31. The van der Waals surface area contributed by atoms with Crippen LogP contribution in [0.15, 0.2) is 47.4 Å². The van der Waals surface area contributed by atoms with E-state index in [1.165, 1.54) is 17.2 Å². The summed E-state index contributed by atoms with van der Waals surface area (Å²) in [6, 6.07) is 12.0. The standard InChI is InChI=1S/C20H24N6OS/c21-6-8-22-17-13-14-5-7-23-20(27)18(14)19(25-17)24-15-1-3-16(4-2-15)26-9-11-28-12-10-26/h1-5,7,13H,6,8-12,21H2,(H,23,27)(H2,22,24,25). The second-order valence-corrected chi connectivity index (χ2v) is 7.84. The molecule has 1 saturated heterocycles. The number of nitrogens with zero attached hydrogens (tertiary/aromatic N) is 2. The van der Waals surface area contributed by atoms with Crippen molar-refractivity contribution < 1.29 is 0 Å². The Hall–Kier alpha value is -2.71. The van der Waals surface area contributed by atoms with Crippen LogP contribution in [0.2, 0.25) is 0 Å². The average molecular weight is 397 g/mol. The van der Waals surface area contributed by atoms with E-state index in [4.69, 9.17) is 5.73 Å². The summed E-state index contributed by atoms with van der Waals surface area (Å²) in [7, 11) is 0. The first kappa shape index (κ1) is 18.6. The molecule has 0 aliphatic carbocycles. The second-order valence-electron chi connectivity index (χ2n) is 6.61. The molecule has 1 aliphatic rings. The van der Waals surface area contributed by atoms with Crippen molar-refractivity contribution in [3.05, 3.63) is 52.9 Å². The van der Waals surface area contributed by atoms with Gasteiger partial charge in [0.15, 0.2) is 0 Å². The third kappa shape index (κ3) is 4.07. The van der Waals surface area contributed by atoms with Crippen LogP contribution in [-0.4, -0.2) is 47.7 Å². The lowest BCUT2D eigenvalue weighted by molar-refractivity contribution is 0.859. The zero-order chi connectivity index (χ0) is 19.3. The van der Waals surface area contributed by atoms with Crippen molar-refractivity contribution in [1.29, 1.82) is 0 Å². The first-order chi connectivity index (χ1) is 13.7. The summed E-state index contributed by atoms with van der Waals surface area (Å²) in [5.41, 5.74) is 7.53. The van der Waals surface area contributed by atoms with Gasteiger partial charge in [0.2, 0.25) is 0 Å². The summed E-state index contributed by atoms with van der Waals surface area (Å²) in [6.45, 7) is 3.28. The minimum absolute atomic E-state index is 0.166. The Labute approximate surface area is 167 Å². The van der Waals surface area contributed by atoms with Gasteiger partial charge in [0, 0.05) is 55.3 Å². The minimum atomic E-state index is -0.166. The van der Waals surface area contributed by atoms with Gasteiger partial charge in [0.25, 0.3) is 5.56 Å². The van der Waals surface area contributed by atoms with Crippen LogP contribution in [0, 0.1) is 0 Å². The number of thioether (sulfide) groups is 1. The number of benzene rings is 1. The third-order valence-corrected chi connectivity index (χ3v) is 5.65. The first-order valence-corrected chi connectivity index (χ1v) is 10.6. The second kappa shape index (κ2) is 8.53. The lowest BCUT2D eigenvalue weighted by atomic mass is 10.2. The Morgan fingerprint density at radius 1 is 1.18 bits per heavy atom. The Bertz CT molecular complexity index is 998. The number of H-pyrrole nitrogens is 1. The molecule has 0 bridgehead atoms. The van der Waals surface area contributed by atoms with E-state index in [0.29, 0.717) is 30.1 Å². The maximum Gasteiger partial charge on any atom is 0.259 e. The molecule has 0 atom stereocenters. The zero-order valence-corrected chi connectivity index (χ0v) is 16.4. The number of anilines is 4. The molecule has 0 unspecified atom stereocenters. The van der Waals surface area contributed by atoms with Crippen LogP contribution in [0.3, 0.4) is 0 Å². The fourth-order valence-corrected chi connectivity index (χ4v) is 4.21. The van der Waals surface area contributed by atoms with Crippen molar-refractivity contribution in [2.45, 2.75) is 0 Å². The van der Waals surface area contributed by atoms with Crippen molar-refractivity contribution in [3.8, 4) is 0 Å². The lowest BCUT2D eigenvalue weighted by Gasteiger charge is -2.28. The SMILES string of the molecule is NCCNc1cc2cc[nH]c(=O)c2c(Nc2ccc(N3CCSCC3)cc2)n1. The molecule has 1 aromatic carbocycles. The van der Waals surface area contributed by atoms with Crippen LogP contribution >= 0.6 is 11.8 Å². The van der Waals surface area contributed by atoms with E-state index in [1.807, 2.05) is 36.0 Å². The van der Waals surface area contributed by atoms with E-state index in [1.54, 1.807) is 6.20 Å². The zero-order valence-electron chi connectivity index (χ0n) is 15.6. The Morgan fingerprint density at radius 3 is 2.71 bits per heavy atom. The summed E-state index contributed by atoms with van der Waals surface area (Å²) in [5, 5.41) is 7.86. The molecule has 4 rings (SSSR count). The third-order valence-electron chi connectivity index (χ3n) is 4.71. The number of aromatic amines is 1. The highest BCUT2D eigenvalue weighted by molar-refractivity contribution is 7.99. The van der Waals surface area contributed by atoms with E-state index in [0.717, 1.165) is 24.2 Å². The molecule has 8 heteroatoms. The van der Waals surface area contributed by atoms with Gasteiger partial charge in [0.05, 0.1) is 5.39 Å². The van der Waals surface area contributed by atoms with E-state index >= 15 is 0 Å². The van der Waals surface area contributed by atoms with Gasteiger partial charge in [-0.25, -0.2) is 4.98 Å². The summed E-state index contributed by atoms with van der Waals surface area (Å²) in [6.07, 6.45) is 1.65. The smallest absolute Gasteiger partial charge is 0.259 e. The number of fused-ring (bicyclic) bond motifs is 1. The Morgan fingerprint density at radius 2 is 1.96 bits per heavy atom. The largest absolute Gasteiger partial charge is 0.370 e. The average Bonchev–Trinajstić information content (AvgIpc) is 2.73. The van der Waals surface area contributed by atoms with Gasteiger partial charge in [-0.1, -0.05) is 0 Å². The van der Waals surface area contributed by atoms with Gasteiger partial charge in [0.1, 0.15) is 11.6 Å². The van der Waals surface area contributed by atoms with E-state index in [-0.39, 0.29) is 5.56 Å². The Balaban J connectivity index is 1.63. The molecular weight excluding hydrogens is 372 g/mol. The maximum absolute atomic E-state index is 12.4. The molecule has 2 aromatic heterocycles. The van der Waals surface area contributed by atoms with Gasteiger partial charge in [-0.2, -0.15) is 11.8 Å². The number of pyridine rings is 2. The molecule has 28 heavy (non-hydrogen) atoms. The summed E-state index contributed by atoms with van der Waals surface area (Å²) < 4.78 is 0. The lowest BCUT2D eigenvalue weighted by Crippen LogP contribution is -2.32. The molecule has 0 amide bonds. The molecule has 3 heterocycles. The van der Waals surface area contributed by atoms with Gasteiger partial charge in [-0.05, 0) is 41.8 Å².